The van der Waals surface area contributed by atoms with E-state index in [0.29, 0.717) is 5.56 Å². The second-order valence-corrected chi connectivity index (χ2v) is 12.8. The molecule has 0 amide bonds. The first kappa shape index (κ1) is 20.1. The average molecular weight is 415 g/mol. The third-order valence-electron chi connectivity index (χ3n) is 6.09. The van der Waals surface area contributed by atoms with Gasteiger partial charge in [0, 0.05) is 26.8 Å². The highest BCUT2D eigenvalue weighted by atomic mass is 28.3. The van der Waals surface area contributed by atoms with Crippen molar-refractivity contribution in [3.8, 4) is 0 Å². The lowest BCUT2D eigenvalue weighted by molar-refractivity contribution is 0.0696. The molecule has 2 aromatic carbocycles. The first-order valence-corrected chi connectivity index (χ1v) is 13.0. The van der Waals surface area contributed by atoms with Crippen molar-refractivity contribution >= 4 is 36.2 Å². The molecule has 152 valence electrons. The van der Waals surface area contributed by atoms with Crippen LogP contribution in [0.2, 0.25) is 13.1 Å². The maximum atomic E-state index is 12.0. The van der Waals surface area contributed by atoms with E-state index >= 15 is 0 Å². The number of aromatic carboxylic acids is 1. The molecule has 0 saturated carbocycles. The number of carboxylic acid groups (broad SMARTS) is 1. The van der Waals surface area contributed by atoms with E-state index in [-0.39, 0.29) is 0 Å². The number of aliphatic imine (C=N–C) groups is 1. The Morgan fingerprint density at radius 3 is 2.43 bits per heavy atom. The van der Waals surface area contributed by atoms with Gasteiger partial charge in [-0.2, -0.15) is 0 Å². The largest absolute Gasteiger partial charge is 0.478 e. The summed E-state index contributed by atoms with van der Waals surface area (Å²) in [4.78, 5) is 18.5. The molecule has 1 aliphatic carbocycles. The van der Waals surface area contributed by atoms with Crippen LogP contribution in [0.25, 0.3) is 5.57 Å². The summed E-state index contributed by atoms with van der Waals surface area (Å²) >= 11 is 0. The van der Waals surface area contributed by atoms with E-state index in [4.69, 9.17) is 0 Å². The number of rotatable bonds is 3. The van der Waals surface area contributed by atoms with E-state index in [2.05, 4.69) is 53.3 Å². The van der Waals surface area contributed by atoms with Crippen molar-refractivity contribution in [1.29, 1.82) is 0 Å². The molecule has 0 bridgehead atoms. The molecule has 0 atom stereocenters. The predicted molar refractivity (Wildman–Crippen MR) is 128 cm³/mol. The van der Waals surface area contributed by atoms with Gasteiger partial charge >= 0.3 is 5.97 Å². The zero-order chi connectivity index (χ0) is 21.6. The molecule has 1 N–H and O–H groups in total. The summed E-state index contributed by atoms with van der Waals surface area (Å²) in [5.41, 5.74) is 6.45. The highest BCUT2D eigenvalue weighted by molar-refractivity contribution is 6.98. The summed E-state index contributed by atoms with van der Waals surface area (Å²) in [6, 6.07) is 13.9. The van der Waals surface area contributed by atoms with E-state index in [9.17, 15) is 9.90 Å². The first-order valence-electron chi connectivity index (χ1n) is 10.0. The number of anilines is 1. The number of allylic oxidation sites excluding steroid dienone is 5. The van der Waals surface area contributed by atoms with Gasteiger partial charge in [-0.3, -0.25) is 4.99 Å². The van der Waals surface area contributed by atoms with Gasteiger partial charge in [0.05, 0.1) is 11.3 Å². The lowest BCUT2D eigenvalue weighted by Gasteiger charge is -2.38. The number of carboxylic acids is 1. The molecule has 1 aliphatic heterocycles. The molecule has 2 aliphatic rings. The van der Waals surface area contributed by atoms with Gasteiger partial charge in [0.15, 0.2) is 0 Å². The van der Waals surface area contributed by atoms with Crippen LogP contribution < -0.4 is 10.1 Å². The van der Waals surface area contributed by atoms with E-state index in [0.717, 1.165) is 33.7 Å². The molecule has 4 rings (SSSR count). The number of fused-ring (bicyclic) bond motifs is 2. The number of benzene rings is 2. The Kier molecular flexibility index (Phi) is 4.86. The van der Waals surface area contributed by atoms with Crippen LogP contribution in [0.4, 0.5) is 5.69 Å². The van der Waals surface area contributed by atoms with Crippen LogP contribution in [0, 0.1) is 0 Å². The molecular weight excluding hydrogens is 388 g/mol. The topological polar surface area (TPSA) is 52.9 Å². The molecule has 4 nitrogen and oxygen atoms in total. The van der Waals surface area contributed by atoms with Gasteiger partial charge in [-0.15, -0.1) is 0 Å². The quantitative estimate of drug-likeness (QED) is 0.763. The lowest BCUT2D eigenvalue weighted by atomic mass is 9.87. The number of hydrogen-bond donors (Lipinski definition) is 1. The van der Waals surface area contributed by atoms with Crippen molar-refractivity contribution in [3.05, 3.63) is 88.2 Å². The molecule has 5 heteroatoms. The van der Waals surface area contributed by atoms with Crippen LogP contribution in [0.3, 0.4) is 0 Å². The average Bonchev–Trinajstić information content (AvgIpc) is 2.73. The Morgan fingerprint density at radius 1 is 1.03 bits per heavy atom. The normalized spacial score (nSPS) is 18.0. The Morgan fingerprint density at radius 2 is 1.77 bits per heavy atom. The molecule has 30 heavy (non-hydrogen) atoms. The van der Waals surface area contributed by atoms with Gasteiger partial charge in [0.1, 0.15) is 8.07 Å². The Balaban J connectivity index is 2.12. The molecule has 2 aromatic rings. The Hall–Kier alpha value is -3.18. The SMILES string of the molecule is C/N=C1\C=CC2=C(c3ccccc3C(=O)O)c3ccc(N(C)C)cc3[Si](C)(C)C2=C1. The molecule has 0 spiro atoms. The fourth-order valence-corrected chi connectivity index (χ4v) is 7.49. The van der Waals surface area contributed by atoms with Gasteiger partial charge < -0.3 is 10.0 Å². The standard InChI is InChI=1S/C25H26N2O2Si/c1-26-16-10-12-20-22(14-16)30(4,5)23-15-17(27(2)3)11-13-21(23)24(20)18-8-6-7-9-19(18)25(28)29/h6-15H,1-5H3,(H,28,29)/b26-16+. The first-order chi connectivity index (χ1) is 14.3. The van der Waals surface area contributed by atoms with Crippen LogP contribution in [-0.4, -0.2) is 46.0 Å². The zero-order valence-electron chi connectivity index (χ0n) is 18.0. The maximum Gasteiger partial charge on any atom is 0.336 e. The van der Waals surface area contributed by atoms with Crippen molar-refractivity contribution in [3.63, 3.8) is 0 Å². The van der Waals surface area contributed by atoms with Crippen molar-refractivity contribution in [2.24, 2.45) is 4.99 Å². The number of hydrogen-bond acceptors (Lipinski definition) is 3. The molecule has 1 heterocycles. The monoisotopic (exact) mass is 414 g/mol. The highest BCUT2D eigenvalue weighted by Gasteiger charge is 2.40. The minimum atomic E-state index is -2.03. The summed E-state index contributed by atoms with van der Waals surface area (Å²) < 4.78 is 0. The molecular formula is C25H26N2O2Si. The smallest absolute Gasteiger partial charge is 0.336 e. The Labute approximate surface area is 178 Å². The molecule has 0 fully saturated rings. The third kappa shape index (κ3) is 3.06. The van der Waals surface area contributed by atoms with Crippen LogP contribution in [-0.2, 0) is 0 Å². The third-order valence-corrected chi connectivity index (χ3v) is 9.61. The molecule has 0 unspecified atom stereocenters. The van der Waals surface area contributed by atoms with Crippen LogP contribution >= 0.6 is 0 Å². The van der Waals surface area contributed by atoms with E-state index in [1.54, 1.807) is 12.1 Å². The van der Waals surface area contributed by atoms with Crippen molar-refractivity contribution < 1.29 is 9.90 Å². The van der Waals surface area contributed by atoms with Gasteiger partial charge in [-0.05, 0) is 63.0 Å². The van der Waals surface area contributed by atoms with E-state index in [1.165, 1.54) is 10.4 Å². The maximum absolute atomic E-state index is 12.0. The second-order valence-electron chi connectivity index (χ2n) is 8.43. The van der Waals surface area contributed by atoms with Crippen LogP contribution in [0.5, 0.6) is 0 Å². The van der Waals surface area contributed by atoms with Crippen molar-refractivity contribution in [1.82, 2.24) is 0 Å². The van der Waals surface area contributed by atoms with Gasteiger partial charge in [0.25, 0.3) is 0 Å². The van der Waals surface area contributed by atoms with E-state index < -0.39 is 14.0 Å². The van der Waals surface area contributed by atoms with Crippen molar-refractivity contribution in [2.45, 2.75) is 13.1 Å². The van der Waals surface area contributed by atoms with Gasteiger partial charge in [-0.1, -0.05) is 43.4 Å². The second kappa shape index (κ2) is 7.25. The highest BCUT2D eigenvalue weighted by Crippen LogP contribution is 2.42. The van der Waals surface area contributed by atoms with E-state index in [1.807, 2.05) is 39.4 Å². The summed E-state index contributed by atoms with van der Waals surface area (Å²) in [6.07, 6.45) is 6.32. The molecule has 0 saturated heterocycles. The lowest BCUT2D eigenvalue weighted by Crippen LogP contribution is -2.49. The molecule has 0 aromatic heterocycles. The summed E-state index contributed by atoms with van der Waals surface area (Å²) in [5.74, 6) is -0.909. The predicted octanol–water partition coefficient (Wildman–Crippen LogP) is 4.29. The van der Waals surface area contributed by atoms with Gasteiger partial charge in [0.2, 0.25) is 0 Å². The molecule has 0 radical (unpaired) electrons. The zero-order valence-corrected chi connectivity index (χ0v) is 19.0. The van der Waals surface area contributed by atoms with Crippen LogP contribution in [0.1, 0.15) is 21.5 Å². The summed E-state index contributed by atoms with van der Waals surface area (Å²) in [6.45, 7) is 4.73. The minimum Gasteiger partial charge on any atom is -0.478 e. The fourth-order valence-electron chi connectivity index (χ4n) is 4.42. The number of nitrogens with zero attached hydrogens (tertiary/aromatic N) is 2. The summed E-state index contributed by atoms with van der Waals surface area (Å²) in [5, 5.41) is 12.5. The number of carbonyl (C=O) groups is 1. The van der Waals surface area contributed by atoms with Crippen molar-refractivity contribution in [2.75, 3.05) is 26.0 Å². The minimum absolute atomic E-state index is 0.326. The Bertz CT molecular complexity index is 1180. The van der Waals surface area contributed by atoms with Gasteiger partial charge in [-0.25, -0.2) is 4.79 Å². The summed E-state index contributed by atoms with van der Waals surface area (Å²) in [7, 11) is 3.87. The van der Waals surface area contributed by atoms with Crippen LogP contribution in [0.15, 0.2) is 76.5 Å². The fraction of sp³-hybridized carbons (Fsp3) is 0.200.